The molecule has 2 aromatic heterocycles. The molecule has 0 amide bonds. The molecular formula is C15H11BrN4O2. The van der Waals surface area contributed by atoms with Gasteiger partial charge < -0.3 is 15.3 Å². The van der Waals surface area contributed by atoms with Crippen molar-refractivity contribution in [3.05, 3.63) is 52.6 Å². The van der Waals surface area contributed by atoms with Gasteiger partial charge in [0.2, 0.25) is 5.89 Å². The monoisotopic (exact) mass is 358 g/mol. The molecule has 0 unspecified atom stereocenters. The molecule has 0 radical (unpaired) electrons. The number of benzene rings is 1. The Balaban J connectivity index is 1.92. The smallest absolute Gasteiger partial charge is 0.312 e. The van der Waals surface area contributed by atoms with Gasteiger partial charge in [-0.05, 0) is 40.2 Å². The summed E-state index contributed by atoms with van der Waals surface area (Å²) in [4.78, 5) is 12.4. The summed E-state index contributed by atoms with van der Waals surface area (Å²) in [5, 5.41) is 9.84. The Bertz CT molecular complexity index is 845. The normalized spacial score (nSPS) is 11.1. The van der Waals surface area contributed by atoms with Gasteiger partial charge in [0, 0.05) is 4.47 Å². The largest absolute Gasteiger partial charge is 0.479 e. The van der Waals surface area contributed by atoms with Gasteiger partial charge in [-0.1, -0.05) is 18.2 Å². The minimum absolute atomic E-state index is 0.218. The zero-order valence-electron chi connectivity index (χ0n) is 11.3. The minimum Gasteiger partial charge on any atom is -0.479 e. The highest BCUT2D eigenvalue weighted by Crippen LogP contribution is 2.30. The molecule has 2 heterocycles. The van der Waals surface area contributed by atoms with Crippen LogP contribution in [0.25, 0.3) is 11.5 Å². The van der Waals surface area contributed by atoms with Crippen LogP contribution in [0.3, 0.4) is 0 Å². The molecule has 3 aromatic rings. The maximum atomic E-state index is 9.84. The van der Waals surface area contributed by atoms with Crippen LogP contribution in [-0.2, 0) is 0 Å². The molecule has 3 N–H and O–H groups in total. The van der Waals surface area contributed by atoms with E-state index in [4.69, 9.17) is 10.2 Å². The number of aromatic nitrogens is 2. The molecule has 0 saturated carbocycles. The van der Waals surface area contributed by atoms with Gasteiger partial charge in [0.05, 0.1) is 11.8 Å². The van der Waals surface area contributed by atoms with Crippen molar-refractivity contribution in [2.45, 2.75) is 0 Å². The number of anilines is 1. The third-order valence-electron chi connectivity index (χ3n) is 2.81. The number of oxazole rings is 1. The first-order valence-electron chi connectivity index (χ1n) is 6.35. The van der Waals surface area contributed by atoms with E-state index in [-0.39, 0.29) is 11.6 Å². The van der Waals surface area contributed by atoms with Gasteiger partial charge in [0.25, 0.3) is 0 Å². The molecule has 0 spiro atoms. The van der Waals surface area contributed by atoms with Gasteiger partial charge in [-0.15, -0.1) is 0 Å². The average Bonchev–Trinajstić information content (AvgIpc) is 2.87. The van der Waals surface area contributed by atoms with Gasteiger partial charge in [-0.3, -0.25) is 0 Å². The third-order valence-corrected chi connectivity index (χ3v) is 3.51. The van der Waals surface area contributed by atoms with E-state index in [1.165, 1.54) is 6.21 Å². The van der Waals surface area contributed by atoms with E-state index in [1.54, 1.807) is 18.2 Å². The molecule has 0 bridgehead atoms. The Kier molecular flexibility index (Phi) is 3.88. The second-order valence-electron chi connectivity index (χ2n) is 4.37. The standard InChI is InChI=1S/C15H11BrN4O2/c16-10-5-2-1-4-9(10)14-19-11(15(21)22-14)8-18-13-7-3-6-12(17)20-13/h1-8,21H,(H2,17,20)/b18-8+. The van der Waals surface area contributed by atoms with E-state index in [1.807, 2.05) is 24.3 Å². The van der Waals surface area contributed by atoms with Crippen LogP contribution in [0.2, 0.25) is 0 Å². The SMILES string of the molecule is Nc1cccc(/N=C/c2nc(-c3ccccc3Br)oc2O)n1. The van der Waals surface area contributed by atoms with E-state index in [2.05, 4.69) is 30.9 Å². The minimum atomic E-state index is -0.307. The first-order chi connectivity index (χ1) is 10.6. The lowest BCUT2D eigenvalue weighted by molar-refractivity contribution is 0.337. The van der Waals surface area contributed by atoms with Gasteiger partial charge in [0.15, 0.2) is 11.5 Å². The van der Waals surface area contributed by atoms with Gasteiger partial charge in [-0.25, -0.2) is 15.0 Å². The topological polar surface area (TPSA) is 97.5 Å². The summed E-state index contributed by atoms with van der Waals surface area (Å²) in [6, 6.07) is 12.5. The summed E-state index contributed by atoms with van der Waals surface area (Å²) in [6.45, 7) is 0. The van der Waals surface area contributed by atoms with Crippen molar-refractivity contribution in [3.63, 3.8) is 0 Å². The van der Waals surface area contributed by atoms with Crippen molar-refractivity contribution < 1.29 is 9.52 Å². The fourth-order valence-corrected chi connectivity index (χ4v) is 2.25. The predicted molar refractivity (Wildman–Crippen MR) is 87.2 cm³/mol. The number of nitrogen functional groups attached to an aromatic ring is 1. The highest BCUT2D eigenvalue weighted by molar-refractivity contribution is 9.10. The Hall–Kier alpha value is -2.67. The van der Waals surface area contributed by atoms with E-state index in [9.17, 15) is 5.11 Å². The van der Waals surface area contributed by atoms with Crippen LogP contribution in [0.15, 0.2) is 56.3 Å². The lowest BCUT2D eigenvalue weighted by atomic mass is 10.2. The number of hydrogen-bond acceptors (Lipinski definition) is 6. The van der Waals surface area contributed by atoms with E-state index in [0.717, 1.165) is 10.0 Å². The third kappa shape index (κ3) is 2.99. The maximum absolute atomic E-state index is 9.84. The zero-order valence-corrected chi connectivity index (χ0v) is 12.9. The maximum Gasteiger partial charge on any atom is 0.312 e. The Morgan fingerprint density at radius 2 is 1.95 bits per heavy atom. The molecule has 0 saturated heterocycles. The molecule has 3 rings (SSSR count). The number of aromatic hydroxyl groups is 1. The first-order valence-corrected chi connectivity index (χ1v) is 7.14. The second kappa shape index (κ2) is 5.98. The van der Waals surface area contributed by atoms with Crippen LogP contribution < -0.4 is 5.73 Å². The molecule has 110 valence electrons. The number of nitrogens with zero attached hydrogens (tertiary/aromatic N) is 3. The highest BCUT2D eigenvalue weighted by Gasteiger charge is 2.14. The van der Waals surface area contributed by atoms with Crippen molar-refractivity contribution >= 4 is 33.8 Å². The fraction of sp³-hybridized carbons (Fsp3) is 0. The molecule has 0 atom stereocenters. The van der Waals surface area contributed by atoms with Crippen LogP contribution in [-0.4, -0.2) is 21.3 Å². The molecule has 0 aliphatic heterocycles. The number of hydrogen-bond donors (Lipinski definition) is 2. The lowest BCUT2D eigenvalue weighted by Gasteiger charge is -1.97. The zero-order chi connectivity index (χ0) is 15.5. The molecule has 6 nitrogen and oxygen atoms in total. The summed E-state index contributed by atoms with van der Waals surface area (Å²) in [6.07, 6.45) is 1.38. The first kappa shape index (κ1) is 14.3. The van der Waals surface area contributed by atoms with Crippen molar-refractivity contribution in [1.82, 2.24) is 9.97 Å². The van der Waals surface area contributed by atoms with Gasteiger partial charge in [-0.2, -0.15) is 0 Å². The molecule has 0 fully saturated rings. The van der Waals surface area contributed by atoms with Crippen molar-refractivity contribution in [2.75, 3.05) is 5.73 Å². The van der Waals surface area contributed by atoms with Crippen LogP contribution in [0.1, 0.15) is 5.69 Å². The number of pyridine rings is 1. The molecule has 22 heavy (non-hydrogen) atoms. The highest BCUT2D eigenvalue weighted by atomic mass is 79.9. The number of halogens is 1. The lowest BCUT2D eigenvalue weighted by Crippen LogP contribution is -1.88. The van der Waals surface area contributed by atoms with E-state index < -0.39 is 0 Å². The number of aliphatic imine (C=N–C) groups is 1. The molecular weight excluding hydrogens is 348 g/mol. The average molecular weight is 359 g/mol. The van der Waals surface area contributed by atoms with Crippen LogP contribution in [0.4, 0.5) is 11.6 Å². The Morgan fingerprint density at radius 3 is 2.73 bits per heavy atom. The van der Waals surface area contributed by atoms with Crippen molar-refractivity contribution in [2.24, 2.45) is 4.99 Å². The summed E-state index contributed by atoms with van der Waals surface area (Å²) >= 11 is 3.41. The second-order valence-corrected chi connectivity index (χ2v) is 5.22. The van der Waals surface area contributed by atoms with Crippen LogP contribution in [0.5, 0.6) is 5.95 Å². The van der Waals surface area contributed by atoms with Gasteiger partial charge >= 0.3 is 5.95 Å². The number of rotatable bonds is 3. The summed E-state index contributed by atoms with van der Waals surface area (Å²) in [5.41, 5.74) is 6.53. The Labute approximate surface area is 134 Å². The quantitative estimate of drug-likeness (QED) is 0.697. The summed E-state index contributed by atoms with van der Waals surface area (Å²) in [5.74, 6) is 0.781. The van der Waals surface area contributed by atoms with Crippen LogP contribution >= 0.6 is 15.9 Å². The van der Waals surface area contributed by atoms with Crippen molar-refractivity contribution in [3.8, 4) is 17.4 Å². The van der Waals surface area contributed by atoms with Crippen molar-refractivity contribution in [1.29, 1.82) is 0 Å². The molecule has 7 heteroatoms. The Morgan fingerprint density at radius 1 is 1.14 bits per heavy atom. The summed E-state index contributed by atoms with van der Waals surface area (Å²) < 4.78 is 6.09. The van der Waals surface area contributed by atoms with E-state index in [0.29, 0.717) is 17.5 Å². The van der Waals surface area contributed by atoms with E-state index >= 15 is 0 Å². The molecule has 0 aliphatic carbocycles. The fourth-order valence-electron chi connectivity index (χ4n) is 1.80. The van der Waals surface area contributed by atoms with Crippen LogP contribution in [0, 0.1) is 0 Å². The van der Waals surface area contributed by atoms with Gasteiger partial charge in [0.1, 0.15) is 5.82 Å². The molecule has 0 aliphatic rings. The number of nitrogens with two attached hydrogens (primary N) is 1. The predicted octanol–water partition coefficient (Wildman–Crippen LogP) is 3.54. The molecule has 1 aromatic carbocycles. The summed E-state index contributed by atoms with van der Waals surface area (Å²) in [7, 11) is 0.